The first-order valence-electron chi connectivity index (χ1n) is 10.4. The van der Waals surface area contributed by atoms with Crippen LogP contribution in [0.1, 0.15) is 68.1 Å². The van der Waals surface area contributed by atoms with E-state index < -0.39 is 5.60 Å². The Balaban J connectivity index is 1.14. The van der Waals surface area contributed by atoms with E-state index in [0.29, 0.717) is 24.2 Å². The van der Waals surface area contributed by atoms with E-state index >= 15 is 0 Å². The van der Waals surface area contributed by atoms with Gasteiger partial charge in [0.25, 0.3) is 0 Å². The number of nitrogens with zero attached hydrogens (tertiary/aromatic N) is 1. The Bertz CT molecular complexity index is 727. The molecule has 1 aromatic carbocycles. The van der Waals surface area contributed by atoms with Crippen molar-refractivity contribution >= 4 is 5.91 Å². The first-order chi connectivity index (χ1) is 12.3. The molecular weight excluding hydrogens is 322 g/mol. The lowest BCUT2D eigenvalue weighted by Gasteiger charge is -2.60. The maximum atomic E-state index is 12.5. The van der Waals surface area contributed by atoms with Crippen LogP contribution in [0.25, 0.3) is 0 Å². The van der Waals surface area contributed by atoms with Gasteiger partial charge in [0, 0.05) is 24.4 Å². The molecule has 3 saturated carbocycles. The Morgan fingerprint density at radius 1 is 1.19 bits per heavy atom. The van der Waals surface area contributed by atoms with Gasteiger partial charge in [-0.25, -0.2) is 0 Å². The summed E-state index contributed by atoms with van der Waals surface area (Å²) < 4.78 is 0. The predicted molar refractivity (Wildman–Crippen MR) is 102 cm³/mol. The number of aliphatic hydroxyl groups is 1. The first kappa shape index (κ1) is 16.8. The van der Waals surface area contributed by atoms with Crippen molar-refractivity contribution in [2.45, 2.75) is 70.3 Å². The fraction of sp³-hybridized carbons (Fsp3) is 0.696. The topological polar surface area (TPSA) is 40.5 Å². The van der Waals surface area contributed by atoms with Gasteiger partial charge in [0.15, 0.2) is 0 Å². The minimum atomic E-state index is -0.600. The second kappa shape index (κ2) is 5.58. The summed E-state index contributed by atoms with van der Waals surface area (Å²) in [6.45, 7) is 6.04. The number of amides is 1. The minimum Gasteiger partial charge on any atom is -0.390 e. The summed E-state index contributed by atoms with van der Waals surface area (Å²) in [4.78, 5) is 14.5. The Kier molecular flexibility index (Phi) is 3.60. The number of hydrogen-bond donors (Lipinski definition) is 1. The summed E-state index contributed by atoms with van der Waals surface area (Å²) in [6, 6.07) is 6.85. The van der Waals surface area contributed by atoms with E-state index in [1.165, 1.54) is 37.7 Å². The van der Waals surface area contributed by atoms with E-state index in [-0.39, 0.29) is 5.92 Å². The molecule has 0 bridgehead atoms. The second-order valence-corrected chi connectivity index (χ2v) is 10.2. The van der Waals surface area contributed by atoms with Gasteiger partial charge in [-0.2, -0.15) is 0 Å². The summed E-state index contributed by atoms with van der Waals surface area (Å²) >= 11 is 0. The molecule has 4 fully saturated rings. The Hall–Kier alpha value is -1.35. The van der Waals surface area contributed by atoms with Crippen LogP contribution in [0.15, 0.2) is 18.2 Å². The highest BCUT2D eigenvalue weighted by atomic mass is 16.3. The molecule has 0 unspecified atom stereocenters. The Labute approximate surface area is 156 Å². The minimum absolute atomic E-state index is 0.0756. The maximum absolute atomic E-state index is 12.5. The van der Waals surface area contributed by atoms with Crippen LogP contribution in [0.2, 0.25) is 0 Å². The number of likely N-dealkylation sites (tertiary alicyclic amines) is 1. The molecule has 1 saturated heterocycles. The van der Waals surface area contributed by atoms with Gasteiger partial charge >= 0.3 is 0 Å². The molecule has 1 aromatic rings. The van der Waals surface area contributed by atoms with E-state index in [1.54, 1.807) is 11.1 Å². The van der Waals surface area contributed by atoms with Crippen LogP contribution < -0.4 is 0 Å². The average molecular weight is 354 g/mol. The molecule has 0 aromatic heterocycles. The molecule has 3 heteroatoms. The van der Waals surface area contributed by atoms with Crippen LogP contribution >= 0.6 is 0 Å². The van der Waals surface area contributed by atoms with Gasteiger partial charge in [-0.15, -0.1) is 0 Å². The predicted octanol–water partition coefficient (Wildman–Crippen LogP) is 3.81. The third-order valence-corrected chi connectivity index (χ3v) is 7.44. The lowest BCUT2D eigenvalue weighted by atomic mass is 9.56. The fourth-order valence-corrected chi connectivity index (χ4v) is 6.11. The lowest BCUT2D eigenvalue weighted by Crippen LogP contribution is -2.66. The molecule has 5 rings (SSSR count). The Morgan fingerprint density at radius 2 is 1.88 bits per heavy atom. The molecular formula is C23H31NO2. The van der Waals surface area contributed by atoms with E-state index in [9.17, 15) is 9.90 Å². The van der Waals surface area contributed by atoms with Gasteiger partial charge in [0.1, 0.15) is 0 Å². The maximum Gasteiger partial charge on any atom is 0.225 e. The fourth-order valence-electron chi connectivity index (χ4n) is 6.11. The average Bonchev–Trinajstić information content (AvgIpc) is 3.29. The third kappa shape index (κ3) is 2.79. The molecule has 1 amide bonds. The van der Waals surface area contributed by atoms with Crippen LogP contribution in [0, 0.1) is 24.2 Å². The largest absolute Gasteiger partial charge is 0.390 e. The summed E-state index contributed by atoms with van der Waals surface area (Å²) in [5.74, 6) is 2.00. The van der Waals surface area contributed by atoms with Gasteiger partial charge < -0.3 is 10.0 Å². The molecule has 0 radical (unpaired) electrons. The van der Waals surface area contributed by atoms with Crippen LogP contribution in [0.4, 0.5) is 0 Å². The highest BCUT2D eigenvalue weighted by Crippen LogP contribution is 2.54. The molecule has 1 spiro atoms. The summed E-state index contributed by atoms with van der Waals surface area (Å²) in [5, 5.41) is 9.85. The van der Waals surface area contributed by atoms with E-state index in [4.69, 9.17) is 0 Å². The molecule has 0 atom stereocenters. The molecule has 26 heavy (non-hydrogen) atoms. The van der Waals surface area contributed by atoms with Crippen molar-refractivity contribution in [1.82, 2.24) is 4.90 Å². The number of benzene rings is 1. The van der Waals surface area contributed by atoms with Crippen molar-refractivity contribution in [3.05, 3.63) is 34.9 Å². The van der Waals surface area contributed by atoms with Crippen LogP contribution in [0.5, 0.6) is 0 Å². The quantitative estimate of drug-likeness (QED) is 0.894. The van der Waals surface area contributed by atoms with Gasteiger partial charge in [-0.1, -0.05) is 18.2 Å². The Morgan fingerprint density at radius 3 is 2.50 bits per heavy atom. The summed E-state index contributed by atoms with van der Waals surface area (Å²) in [5.41, 5.74) is 4.55. The van der Waals surface area contributed by atoms with Gasteiger partial charge in [-0.05, 0) is 87.3 Å². The van der Waals surface area contributed by atoms with Crippen molar-refractivity contribution in [3.8, 4) is 0 Å². The second-order valence-electron chi connectivity index (χ2n) is 10.2. The SMILES string of the molecule is Cc1cccc(CC2CC3(C2)CN(C(=O)C2CC(C)(O)C2)C3)c1C1CC1. The number of carbonyl (C=O) groups is 1. The van der Waals surface area contributed by atoms with E-state index in [2.05, 4.69) is 30.0 Å². The van der Waals surface area contributed by atoms with Crippen molar-refractivity contribution in [2.75, 3.05) is 13.1 Å². The lowest BCUT2D eigenvalue weighted by molar-refractivity contribution is -0.171. The highest BCUT2D eigenvalue weighted by molar-refractivity contribution is 5.81. The van der Waals surface area contributed by atoms with Gasteiger partial charge in [-0.3, -0.25) is 4.79 Å². The summed E-state index contributed by atoms with van der Waals surface area (Å²) in [7, 11) is 0. The monoisotopic (exact) mass is 353 g/mol. The zero-order chi connectivity index (χ0) is 18.1. The van der Waals surface area contributed by atoms with Crippen LogP contribution in [-0.4, -0.2) is 34.6 Å². The van der Waals surface area contributed by atoms with Crippen molar-refractivity contribution in [2.24, 2.45) is 17.3 Å². The smallest absolute Gasteiger partial charge is 0.225 e. The molecule has 1 aliphatic heterocycles. The molecule has 3 nitrogen and oxygen atoms in total. The van der Waals surface area contributed by atoms with Crippen LogP contribution in [0.3, 0.4) is 0 Å². The molecule has 4 aliphatic rings. The van der Waals surface area contributed by atoms with Gasteiger partial charge in [0.05, 0.1) is 5.60 Å². The van der Waals surface area contributed by atoms with Crippen LogP contribution in [-0.2, 0) is 11.2 Å². The standard InChI is InChI=1S/C23H31NO2/c1-15-4-3-5-18(20(15)17-6-7-17)8-16-9-23(10-16)13-24(14-23)21(25)19-11-22(2,26)12-19/h3-5,16-17,19,26H,6-14H2,1-2H3. The first-order valence-corrected chi connectivity index (χ1v) is 10.4. The van der Waals surface area contributed by atoms with E-state index in [0.717, 1.165) is 24.9 Å². The zero-order valence-electron chi connectivity index (χ0n) is 16.1. The number of rotatable bonds is 4. The third-order valence-electron chi connectivity index (χ3n) is 7.44. The van der Waals surface area contributed by atoms with E-state index in [1.807, 2.05) is 6.92 Å². The molecule has 140 valence electrons. The van der Waals surface area contributed by atoms with Gasteiger partial charge in [0.2, 0.25) is 5.91 Å². The zero-order valence-corrected chi connectivity index (χ0v) is 16.1. The van der Waals surface area contributed by atoms with Crippen molar-refractivity contribution < 1.29 is 9.90 Å². The van der Waals surface area contributed by atoms with Crippen molar-refractivity contribution in [3.63, 3.8) is 0 Å². The van der Waals surface area contributed by atoms with Crippen molar-refractivity contribution in [1.29, 1.82) is 0 Å². The number of aryl methyl sites for hydroxylation is 1. The number of carbonyl (C=O) groups excluding carboxylic acids is 1. The molecule has 1 heterocycles. The highest BCUT2D eigenvalue weighted by Gasteiger charge is 2.55. The summed E-state index contributed by atoms with van der Waals surface area (Å²) in [6.07, 6.45) is 7.85. The normalized spacial score (nSPS) is 32.7. The number of hydrogen-bond acceptors (Lipinski definition) is 2. The molecule has 3 aliphatic carbocycles. The molecule has 1 N–H and O–H groups in total.